The van der Waals surface area contributed by atoms with E-state index >= 15 is 0 Å². The molecule has 196 valence electrons. The largest absolute Gasteiger partial charge is 0.467 e. The molecule has 1 saturated heterocycles. The van der Waals surface area contributed by atoms with Gasteiger partial charge in [0.25, 0.3) is 11.5 Å². The van der Waals surface area contributed by atoms with Crippen LogP contribution in [0.1, 0.15) is 29.0 Å². The summed E-state index contributed by atoms with van der Waals surface area (Å²) in [6.45, 7) is 1.28. The maximum atomic E-state index is 13.5. The molecule has 9 nitrogen and oxygen atoms in total. The molecule has 4 aromatic rings. The Labute approximate surface area is 227 Å². The van der Waals surface area contributed by atoms with Crippen LogP contribution in [-0.2, 0) is 16.1 Å². The quantitative estimate of drug-likeness (QED) is 0.234. The van der Waals surface area contributed by atoms with Crippen LogP contribution >= 0.6 is 23.4 Å². The molecule has 11 heteroatoms. The fourth-order valence-electron chi connectivity index (χ4n) is 4.14. The maximum Gasteiger partial charge on any atom is 0.262 e. The topological polar surface area (TPSA) is 115 Å². The van der Waals surface area contributed by atoms with Crippen molar-refractivity contribution < 1.29 is 18.7 Å². The molecule has 2 aromatic heterocycles. The van der Waals surface area contributed by atoms with Gasteiger partial charge in [0.1, 0.15) is 5.76 Å². The van der Waals surface area contributed by atoms with Crippen molar-refractivity contribution in [2.24, 2.45) is 0 Å². The predicted octanol–water partition coefficient (Wildman–Crippen LogP) is 4.33. The molecular formula is C27H25ClN4O5S. The highest BCUT2D eigenvalue weighted by Gasteiger charge is 2.19. The summed E-state index contributed by atoms with van der Waals surface area (Å²) in [5, 5.41) is 6.77. The molecule has 0 spiro atoms. The molecule has 1 aliphatic rings. The lowest BCUT2D eigenvalue weighted by Crippen LogP contribution is -2.31. The zero-order valence-electron chi connectivity index (χ0n) is 20.3. The van der Waals surface area contributed by atoms with Crippen molar-refractivity contribution in [3.63, 3.8) is 0 Å². The first kappa shape index (κ1) is 26.0. The minimum atomic E-state index is -0.302. The number of carbonyl (C=O) groups excluding carboxylic acids is 2. The third-order valence-corrected chi connectivity index (χ3v) is 7.38. The standard InChI is InChI=1S/C27H25ClN4O5S/c28-21-7-1-2-8-22(21)30-24(33)16-38-27-31-23-13-17(25(34)29-14-18-5-3-11-36-18)9-10-20(23)26(35)32(27)15-19-6-4-12-37-19/h1-2,4,6-10,12-13,18H,3,5,11,14-16H2,(H,29,34)(H,30,33). The van der Waals surface area contributed by atoms with Gasteiger partial charge in [0.2, 0.25) is 5.91 Å². The van der Waals surface area contributed by atoms with Gasteiger partial charge in [-0.25, -0.2) is 4.98 Å². The molecule has 1 fully saturated rings. The van der Waals surface area contributed by atoms with E-state index in [1.54, 1.807) is 54.6 Å². The third kappa shape index (κ3) is 6.09. The smallest absolute Gasteiger partial charge is 0.262 e. The molecule has 0 radical (unpaired) electrons. The van der Waals surface area contributed by atoms with Gasteiger partial charge < -0.3 is 19.8 Å². The van der Waals surface area contributed by atoms with Crippen LogP contribution in [0.5, 0.6) is 0 Å². The lowest BCUT2D eigenvalue weighted by molar-refractivity contribution is -0.113. The number of ether oxygens (including phenoxy) is 1. The second-order valence-electron chi connectivity index (χ2n) is 8.76. The van der Waals surface area contributed by atoms with Gasteiger partial charge in [-0.1, -0.05) is 35.5 Å². The molecule has 1 unspecified atom stereocenters. The number of hydrogen-bond donors (Lipinski definition) is 2. The Morgan fingerprint density at radius 2 is 2.03 bits per heavy atom. The summed E-state index contributed by atoms with van der Waals surface area (Å²) < 4.78 is 12.5. The Bertz CT molecular complexity index is 1520. The number of anilines is 1. The molecule has 2 amide bonds. The Hall–Kier alpha value is -3.60. The van der Waals surface area contributed by atoms with Crippen LogP contribution in [0.25, 0.3) is 10.9 Å². The van der Waals surface area contributed by atoms with Gasteiger partial charge in [0.15, 0.2) is 5.16 Å². The molecule has 2 N–H and O–H groups in total. The molecule has 1 atom stereocenters. The van der Waals surface area contributed by atoms with E-state index in [4.69, 9.17) is 20.8 Å². The number of hydrogen-bond acceptors (Lipinski definition) is 7. The number of rotatable bonds is 9. The number of amides is 2. The zero-order valence-corrected chi connectivity index (χ0v) is 21.9. The molecule has 5 rings (SSSR count). The lowest BCUT2D eigenvalue weighted by Gasteiger charge is -2.14. The van der Waals surface area contributed by atoms with Crippen LogP contribution in [0.15, 0.2) is 75.2 Å². The van der Waals surface area contributed by atoms with Crippen LogP contribution in [0.2, 0.25) is 5.02 Å². The number of nitrogens with one attached hydrogen (secondary N) is 2. The van der Waals surface area contributed by atoms with E-state index in [9.17, 15) is 14.4 Å². The van der Waals surface area contributed by atoms with Crippen molar-refractivity contribution in [3.05, 3.63) is 87.6 Å². The first-order valence-corrected chi connectivity index (χ1v) is 13.5. The van der Waals surface area contributed by atoms with Gasteiger partial charge >= 0.3 is 0 Å². The van der Waals surface area contributed by atoms with Crippen molar-refractivity contribution in [1.29, 1.82) is 0 Å². The van der Waals surface area contributed by atoms with Crippen molar-refractivity contribution in [1.82, 2.24) is 14.9 Å². The number of thioether (sulfide) groups is 1. The molecule has 3 heterocycles. The summed E-state index contributed by atoms with van der Waals surface area (Å²) in [6, 6.07) is 15.2. The number of halogens is 1. The number of furan rings is 1. The number of fused-ring (bicyclic) bond motifs is 1. The van der Waals surface area contributed by atoms with E-state index in [1.165, 1.54) is 10.8 Å². The molecule has 0 aliphatic carbocycles. The van der Waals surface area contributed by atoms with Crippen LogP contribution in [0.4, 0.5) is 5.69 Å². The molecule has 2 aromatic carbocycles. The normalized spacial score (nSPS) is 15.0. The SMILES string of the molecule is O=C(CSc1nc2cc(C(=O)NCC3CCCO3)ccc2c(=O)n1Cc1ccco1)Nc1ccccc1Cl. The Balaban J connectivity index is 1.40. The second-order valence-corrected chi connectivity index (χ2v) is 10.1. The third-order valence-electron chi connectivity index (χ3n) is 6.07. The zero-order chi connectivity index (χ0) is 26.5. The minimum Gasteiger partial charge on any atom is -0.467 e. The lowest BCUT2D eigenvalue weighted by atomic mass is 10.1. The fraction of sp³-hybridized carbons (Fsp3) is 0.259. The second kappa shape index (κ2) is 11.8. The van der Waals surface area contributed by atoms with Gasteiger partial charge in [-0.2, -0.15) is 0 Å². The number of benzene rings is 2. The maximum absolute atomic E-state index is 13.5. The van der Waals surface area contributed by atoms with E-state index in [0.717, 1.165) is 24.6 Å². The Kier molecular flexibility index (Phi) is 8.11. The van der Waals surface area contributed by atoms with Crippen LogP contribution in [0, 0.1) is 0 Å². The number of para-hydroxylation sites is 1. The first-order valence-electron chi connectivity index (χ1n) is 12.1. The van der Waals surface area contributed by atoms with Gasteiger partial charge in [-0.15, -0.1) is 0 Å². The van der Waals surface area contributed by atoms with E-state index in [2.05, 4.69) is 15.6 Å². The summed E-state index contributed by atoms with van der Waals surface area (Å²) in [6.07, 6.45) is 3.45. The molecule has 1 aliphatic heterocycles. The van der Waals surface area contributed by atoms with E-state index < -0.39 is 0 Å². The van der Waals surface area contributed by atoms with Crippen molar-refractivity contribution >= 4 is 51.8 Å². The number of aromatic nitrogens is 2. The van der Waals surface area contributed by atoms with E-state index in [1.807, 2.05) is 0 Å². The van der Waals surface area contributed by atoms with Crippen LogP contribution in [-0.4, -0.2) is 46.4 Å². The summed E-state index contributed by atoms with van der Waals surface area (Å²) >= 11 is 7.26. The Morgan fingerprint density at radius 3 is 2.79 bits per heavy atom. The van der Waals surface area contributed by atoms with Crippen LogP contribution < -0.4 is 16.2 Å². The molecular weight excluding hydrogens is 528 g/mol. The fourth-order valence-corrected chi connectivity index (χ4v) is 5.12. The van der Waals surface area contributed by atoms with Gasteiger partial charge in [-0.3, -0.25) is 19.0 Å². The van der Waals surface area contributed by atoms with Crippen molar-refractivity contribution in [3.8, 4) is 0 Å². The molecule has 0 bridgehead atoms. The average molecular weight is 553 g/mol. The Morgan fingerprint density at radius 1 is 1.16 bits per heavy atom. The highest BCUT2D eigenvalue weighted by molar-refractivity contribution is 7.99. The number of nitrogens with zero attached hydrogens (tertiary/aromatic N) is 2. The molecule has 0 saturated carbocycles. The minimum absolute atomic E-state index is 0.0110. The summed E-state index contributed by atoms with van der Waals surface area (Å²) in [5.41, 5.74) is 0.952. The monoisotopic (exact) mass is 552 g/mol. The summed E-state index contributed by atoms with van der Waals surface area (Å²) in [4.78, 5) is 43.5. The van der Waals surface area contributed by atoms with Gasteiger partial charge in [-0.05, 0) is 55.3 Å². The summed E-state index contributed by atoms with van der Waals surface area (Å²) in [7, 11) is 0. The average Bonchev–Trinajstić information content (AvgIpc) is 3.63. The van der Waals surface area contributed by atoms with E-state index in [-0.39, 0.29) is 35.8 Å². The highest BCUT2D eigenvalue weighted by Crippen LogP contribution is 2.23. The van der Waals surface area contributed by atoms with Crippen LogP contribution in [0.3, 0.4) is 0 Å². The van der Waals surface area contributed by atoms with Gasteiger partial charge in [0, 0.05) is 18.7 Å². The van der Waals surface area contributed by atoms with Gasteiger partial charge in [0.05, 0.1) is 46.3 Å². The summed E-state index contributed by atoms with van der Waals surface area (Å²) in [5.74, 6) is -0.00890. The van der Waals surface area contributed by atoms with E-state index in [0.29, 0.717) is 51.2 Å². The van der Waals surface area contributed by atoms with Crippen molar-refractivity contribution in [2.75, 3.05) is 24.2 Å². The predicted molar refractivity (Wildman–Crippen MR) is 146 cm³/mol. The highest BCUT2D eigenvalue weighted by atomic mass is 35.5. The first-order chi connectivity index (χ1) is 18.5. The number of carbonyl (C=O) groups is 2. The molecule has 38 heavy (non-hydrogen) atoms. The van der Waals surface area contributed by atoms with Crippen molar-refractivity contribution in [2.45, 2.75) is 30.6 Å².